The van der Waals surface area contributed by atoms with E-state index in [4.69, 9.17) is 9.47 Å². The minimum Gasteiger partial charge on any atom is -0.497 e. The molecule has 1 unspecified atom stereocenters. The zero-order valence-corrected chi connectivity index (χ0v) is 15.8. The van der Waals surface area contributed by atoms with Crippen molar-refractivity contribution in [2.24, 2.45) is 0 Å². The molecular weight excluding hydrogens is 326 g/mol. The molecule has 2 aromatic rings. The number of hydrogen-bond donors (Lipinski definition) is 0. The van der Waals surface area contributed by atoms with Gasteiger partial charge in [-0.3, -0.25) is 4.79 Å². The lowest BCUT2D eigenvalue weighted by molar-refractivity contribution is -0.130. The van der Waals surface area contributed by atoms with Gasteiger partial charge in [-0.15, -0.1) is 0 Å². The van der Waals surface area contributed by atoms with Gasteiger partial charge in [0.05, 0.1) is 14.2 Å². The summed E-state index contributed by atoms with van der Waals surface area (Å²) in [7, 11) is 5.23. The Kier molecular flexibility index (Phi) is 5.82. The van der Waals surface area contributed by atoms with Crippen LogP contribution in [0.25, 0.3) is 0 Å². The number of aryl methyl sites for hydroxylation is 1. The fraction of sp³-hybridized carbons (Fsp3) is 0.409. The van der Waals surface area contributed by atoms with Crippen molar-refractivity contribution in [2.45, 2.75) is 38.1 Å². The van der Waals surface area contributed by atoms with Crippen LogP contribution in [0.3, 0.4) is 0 Å². The van der Waals surface area contributed by atoms with E-state index in [-0.39, 0.29) is 5.91 Å². The minimum absolute atomic E-state index is 0.189. The SMILES string of the molecule is COc1ccc(CN(C)C(=O)CC2CCCc3cc(OC)ccc32)cc1. The first-order chi connectivity index (χ1) is 12.6. The van der Waals surface area contributed by atoms with Crippen molar-refractivity contribution in [3.63, 3.8) is 0 Å². The highest BCUT2D eigenvalue weighted by atomic mass is 16.5. The molecule has 0 fully saturated rings. The molecule has 0 saturated heterocycles. The summed E-state index contributed by atoms with van der Waals surface area (Å²) < 4.78 is 10.5. The van der Waals surface area contributed by atoms with Crippen LogP contribution in [0.15, 0.2) is 42.5 Å². The van der Waals surface area contributed by atoms with E-state index in [2.05, 4.69) is 12.1 Å². The molecule has 1 atom stereocenters. The van der Waals surface area contributed by atoms with Crippen molar-refractivity contribution in [2.75, 3.05) is 21.3 Å². The predicted molar refractivity (Wildman–Crippen MR) is 103 cm³/mol. The molecule has 0 spiro atoms. The van der Waals surface area contributed by atoms with E-state index in [1.54, 1.807) is 14.2 Å². The lowest BCUT2D eigenvalue weighted by Gasteiger charge is -2.27. The fourth-order valence-electron chi connectivity index (χ4n) is 3.69. The smallest absolute Gasteiger partial charge is 0.223 e. The van der Waals surface area contributed by atoms with Gasteiger partial charge in [-0.2, -0.15) is 0 Å². The Bertz CT molecular complexity index is 754. The van der Waals surface area contributed by atoms with Crippen molar-refractivity contribution in [3.05, 3.63) is 59.2 Å². The van der Waals surface area contributed by atoms with Crippen molar-refractivity contribution in [1.29, 1.82) is 0 Å². The largest absolute Gasteiger partial charge is 0.497 e. The summed E-state index contributed by atoms with van der Waals surface area (Å²) in [6.07, 6.45) is 3.83. The number of ether oxygens (including phenoxy) is 2. The zero-order valence-electron chi connectivity index (χ0n) is 15.8. The van der Waals surface area contributed by atoms with E-state index in [1.165, 1.54) is 11.1 Å². The predicted octanol–water partition coefficient (Wildman–Crippen LogP) is 4.17. The van der Waals surface area contributed by atoms with E-state index in [1.807, 2.05) is 42.3 Å². The van der Waals surface area contributed by atoms with Crippen LogP contribution in [0.4, 0.5) is 0 Å². The van der Waals surface area contributed by atoms with E-state index >= 15 is 0 Å². The Labute approximate surface area is 155 Å². The number of nitrogens with zero attached hydrogens (tertiary/aromatic N) is 1. The Morgan fingerprint density at radius 2 is 1.77 bits per heavy atom. The maximum absolute atomic E-state index is 12.7. The van der Waals surface area contributed by atoms with Gasteiger partial charge in [-0.1, -0.05) is 18.2 Å². The Morgan fingerprint density at radius 3 is 2.46 bits per heavy atom. The maximum atomic E-state index is 12.7. The molecule has 4 nitrogen and oxygen atoms in total. The van der Waals surface area contributed by atoms with Crippen LogP contribution < -0.4 is 9.47 Å². The summed E-state index contributed by atoms with van der Waals surface area (Å²) in [5, 5.41) is 0. The van der Waals surface area contributed by atoms with Gasteiger partial charge in [0.1, 0.15) is 11.5 Å². The quantitative estimate of drug-likeness (QED) is 0.782. The first-order valence-electron chi connectivity index (χ1n) is 9.14. The first kappa shape index (κ1) is 18.3. The standard InChI is InChI=1S/C22H27NO3/c1-23(15-16-7-9-19(25-2)10-8-16)22(24)14-18-6-4-5-17-13-20(26-3)11-12-21(17)18/h7-13,18H,4-6,14-15H2,1-3H3. The van der Waals surface area contributed by atoms with E-state index < -0.39 is 0 Å². The maximum Gasteiger partial charge on any atom is 0.223 e. The van der Waals surface area contributed by atoms with Gasteiger partial charge < -0.3 is 14.4 Å². The lowest BCUT2D eigenvalue weighted by atomic mass is 9.80. The van der Waals surface area contributed by atoms with Crippen molar-refractivity contribution < 1.29 is 14.3 Å². The minimum atomic E-state index is 0.189. The summed E-state index contributed by atoms with van der Waals surface area (Å²) >= 11 is 0. The van der Waals surface area contributed by atoms with Crippen LogP contribution in [0.5, 0.6) is 11.5 Å². The third-order valence-electron chi connectivity index (χ3n) is 5.21. The summed E-state index contributed by atoms with van der Waals surface area (Å²) in [6.45, 7) is 0.616. The van der Waals surface area contributed by atoms with Crippen LogP contribution in [-0.4, -0.2) is 32.1 Å². The molecule has 0 N–H and O–H groups in total. The molecule has 1 aliphatic carbocycles. The molecule has 0 aliphatic heterocycles. The van der Waals surface area contributed by atoms with Crippen LogP contribution in [0, 0.1) is 0 Å². The lowest BCUT2D eigenvalue weighted by Crippen LogP contribution is -2.28. The third-order valence-corrected chi connectivity index (χ3v) is 5.21. The highest BCUT2D eigenvalue weighted by Crippen LogP contribution is 2.36. The number of carbonyl (C=O) groups excluding carboxylic acids is 1. The molecule has 0 radical (unpaired) electrons. The second-order valence-electron chi connectivity index (χ2n) is 6.96. The van der Waals surface area contributed by atoms with Crippen LogP contribution >= 0.6 is 0 Å². The molecule has 0 aromatic heterocycles. The van der Waals surface area contributed by atoms with Crippen LogP contribution in [0.1, 0.15) is 41.9 Å². The van der Waals surface area contributed by atoms with Gasteiger partial charge >= 0.3 is 0 Å². The molecule has 26 heavy (non-hydrogen) atoms. The molecule has 2 aromatic carbocycles. The van der Waals surface area contributed by atoms with Gasteiger partial charge in [0.15, 0.2) is 0 Å². The van der Waals surface area contributed by atoms with Gasteiger partial charge in [0.25, 0.3) is 0 Å². The van der Waals surface area contributed by atoms with Crippen molar-refractivity contribution in [1.82, 2.24) is 4.90 Å². The highest BCUT2D eigenvalue weighted by Gasteiger charge is 2.24. The van der Waals surface area contributed by atoms with E-state index in [0.717, 1.165) is 36.3 Å². The second kappa shape index (κ2) is 8.26. The first-order valence-corrected chi connectivity index (χ1v) is 9.14. The third kappa shape index (κ3) is 4.18. The average Bonchev–Trinajstić information content (AvgIpc) is 2.68. The van der Waals surface area contributed by atoms with Gasteiger partial charge in [-0.05, 0) is 66.1 Å². The summed E-state index contributed by atoms with van der Waals surface area (Å²) in [6, 6.07) is 14.1. The van der Waals surface area contributed by atoms with Gasteiger partial charge in [0.2, 0.25) is 5.91 Å². The van der Waals surface area contributed by atoms with Gasteiger partial charge in [0, 0.05) is 20.0 Å². The average molecular weight is 353 g/mol. The molecule has 0 bridgehead atoms. The number of benzene rings is 2. The molecule has 1 amide bonds. The van der Waals surface area contributed by atoms with Crippen LogP contribution in [0.2, 0.25) is 0 Å². The second-order valence-corrected chi connectivity index (χ2v) is 6.96. The summed E-state index contributed by atoms with van der Waals surface area (Å²) in [5.41, 5.74) is 3.74. The Hall–Kier alpha value is -2.49. The number of carbonyl (C=O) groups is 1. The number of rotatable bonds is 6. The summed E-state index contributed by atoms with van der Waals surface area (Å²) in [4.78, 5) is 14.6. The molecule has 4 heteroatoms. The molecule has 138 valence electrons. The topological polar surface area (TPSA) is 38.8 Å². The molecule has 0 heterocycles. The number of fused-ring (bicyclic) bond motifs is 1. The van der Waals surface area contributed by atoms with E-state index in [0.29, 0.717) is 18.9 Å². The molecular formula is C22H27NO3. The number of methoxy groups -OCH3 is 2. The fourth-order valence-corrected chi connectivity index (χ4v) is 3.69. The van der Waals surface area contributed by atoms with Crippen molar-refractivity contribution in [3.8, 4) is 11.5 Å². The number of hydrogen-bond acceptors (Lipinski definition) is 3. The monoisotopic (exact) mass is 353 g/mol. The normalized spacial score (nSPS) is 15.9. The molecule has 3 rings (SSSR count). The highest BCUT2D eigenvalue weighted by molar-refractivity contribution is 5.77. The molecule has 1 aliphatic rings. The van der Waals surface area contributed by atoms with Gasteiger partial charge in [-0.25, -0.2) is 0 Å². The Balaban J connectivity index is 1.64. The Morgan fingerprint density at radius 1 is 1.08 bits per heavy atom. The van der Waals surface area contributed by atoms with Crippen molar-refractivity contribution >= 4 is 5.91 Å². The van der Waals surface area contributed by atoms with Crippen LogP contribution in [-0.2, 0) is 17.8 Å². The number of amides is 1. The van der Waals surface area contributed by atoms with E-state index in [9.17, 15) is 4.79 Å². The zero-order chi connectivity index (χ0) is 18.5. The summed E-state index contributed by atoms with van der Waals surface area (Å²) in [5.74, 6) is 2.22. The molecule has 0 saturated carbocycles.